The largest absolute Gasteiger partial charge is 0.348 e. The Morgan fingerprint density at radius 2 is 1.95 bits per heavy atom. The van der Waals surface area contributed by atoms with Crippen LogP contribution in [0.2, 0.25) is 0 Å². The van der Waals surface area contributed by atoms with Crippen LogP contribution < -0.4 is 10.2 Å². The van der Waals surface area contributed by atoms with Crippen LogP contribution in [0.5, 0.6) is 0 Å². The minimum Gasteiger partial charge on any atom is -0.348 e. The van der Waals surface area contributed by atoms with Crippen LogP contribution in [0.1, 0.15) is 76.3 Å². The van der Waals surface area contributed by atoms with E-state index in [0.29, 0.717) is 18.0 Å². The van der Waals surface area contributed by atoms with E-state index >= 15 is 0 Å². The molecule has 1 heterocycles. The number of thiazole rings is 1. The Kier molecular flexibility index (Phi) is 6.06. The summed E-state index contributed by atoms with van der Waals surface area (Å²) in [7, 11) is 2.23. The van der Waals surface area contributed by atoms with Crippen LogP contribution in [0.4, 0.5) is 5.13 Å². The number of anilines is 1. The van der Waals surface area contributed by atoms with Crippen molar-refractivity contribution in [3.63, 3.8) is 0 Å². The SMILES string of the molecule is CCC(C)c1nc(N(C)C2CCCC2)sc1CNC(C)C. The van der Waals surface area contributed by atoms with E-state index < -0.39 is 0 Å². The molecule has 1 aliphatic rings. The highest BCUT2D eigenvalue weighted by atomic mass is 32.1. The molecule has 21 heavy (non-hydrogen) atoms. The fourth-order valence-electron chi connectivity index (χ4n) is 2.95. The third-order valence-electron chi connectivity index (χ3n) is 4.64. The molecule has 1 aromatic heterocycles. The van der Waals surface area contributed by atoms with Crippen molar-refractivity contribution in [1.82, 2.24) is 10.3 Å². The minimum absolute atomic E-state index is 0.521. The second-order valence-corrected chi connectivity index (χ2v) is 7.76. The number of aromatic nitrogens is 1. The summed E-state index contributed by atoms with van der Waals surface area (Å²) in [6.07, 6.45) is 6.56. The molecule has 120 valence electrons. The average Bonchev–Trinajstić information content (AvgIpc) is 3.12. The molecule has 0 aromatic carbocycles. The first-order valence-corrected chi connectivity index (χ1v) is 9.30. The Hall–Kier alpha value is -0.610. The molecule has 0 radical (unpaired) electrons. The lowest BCUT2D eigenvalue weighted by Gasteiger charge is -2.23. The van der Waals surface area contributed by atoms with Gasteiger partial charge in [0.2, 0.25) is 0 Å². The van der Waals surface area contributed by atoms with Gasteiger partial charge in [-0.1, -0.05) is 40.5 Å². The van der Waals surface area contributed by atoms with Crippen molar-refractivity contribution in [2.75, 3.05) is 11.9 Å². The number of hydrogen-bond donors (Lipinski definition) is 1. The first kappa shape index (κ1) is 16.8. The topological polar surface area (TPSA) is 28.2 Å². The molecule has 0 aliphatic heterocycles. The summed E-state index contributed by atoms with van der Waals surface area (Å²) in [5.41, 5.74) is 1.32. The Labute approximate surface area is 134 Å². The second kappa shape index (κ2) is 7.59. The van der Waals surface area contributed by atoms with Crippen molar-refractivity contribution < 1.29 is 0 Å². The smallest absolute Gasteiger partial charge is 0.185 e. The summed E-state index contributed by atoms with van der Waals surface area (Å²) >= 11 is 1.89. The van der Waals surface area contributed by atoms with Crippen LogP contribution in [0.3, 0.4) is 0 Å². The first-order valence-electron chi connectivity index (χ1n) is 8.48. The van der Waals surface area contributed by atoms with Crippen LogP contribution in [-0.4, -0.2) is 24.1 Å². The minimum atomic E-state index is 0.521. The van der Waals surface area contributed by atoms with Gasteiger partial charge in [-0.3, -0.25) is 0 Å². The zero-order valence-corrected chi connectivity index (χ0v) is 15.1. The average molecular weight is 310 g/mol. The summed E-state index contributed by atoms with van der Waals surface area (Å²) in [6, 6.07) is 1.22. The molecule has 0 bridgehead atoms. The highest BCUT2D eigenvalue weighted by Gasteiger charge is 2.24. The predicted octanol–water partition coefficient (Wildman–Crippen LogP) is 4.53. The van der Waals surface area contributed by atoms with E-state index in [1.807, 2.05) is 11.3 Å². The van der Waals surface area contributed by atoms with E-state index in [-0.39, 0.29) is 0 Å². The van der Waals surface area contributed by atoms with Crippen LogP contribution in [0, 0.1) is 0 Å². The molecule has 1 unspecified atom stereocenters. The molecular formula is C17H31N3S. The Balaban J connectivity index is 2.17. The van der Waals surface area contributed by atoms with Gasteiger partial charge >= 0.3 is 0 Å². The summed E-state index contributed by atoms with van der Waals surface area (Å²) in [6.45, 7) is 9.91. The molecule has 1 atom stereocenters. The molecule has 4 heteroatoms. The van der Waals surface area contributed by atoms with Crippen LogP contribution >= 0.6 is 11.3 Å². The van der Waals surface area contributed by atoms with Crippen molar-refractivity contribution >= 4 is 16.5 Å². The zero-order valence-electron chi connectivity index (χ0n) is 14.3. The lowest BCUT2D eigenvalue weighted by Crippen LogP contribution is -2.28. The molecule has 3 nitrogen and oxygen atoms in total. The summed E-state index contributed by atoms with van der Waals surface area (Å²) in [5, 5.41) is 4.77. The van der Waals surface area contributed by atoms with Crippen molar-refractivity contribution in [3.8, 4) is 0 Å². The Bertz CT molecular complexity index is 435. The standard InChI is InChI=1S/C17H31N3S/c1-6-13(4)16-15(11-18-12(2)3)21-17(19-16)20(5)14-9-7-8-10-14/h12-14,18H,6-11H2,1-5H3. The third-order valence-corrected chi connectivity index (χ3v) is 5.80. The van der Waals surface area contributed by atoms with Gasteiger partial charge in [0.1, 0.15) is 0 Å². The van der Waals surface area contributed by atoms with Gasteiger partial charge in [-0.25, -0.2) is 4.98 Å². The van der Waals surface area contributed by atoms with E-state index in [4.69, 9.17) is 4.98 Å². The molecule has 1 aliphatic carbocycles. The van der Waals surface area contributed by atoms with Crippen molar-refractivity contribution in [1.29, 1.82) is 0 Å². The maximum atomic E-state index is 5.01. The van der Waals surface area contributed by atoms with Crippen LogP contribution in [-0.2, 0) is 6.54 Å². The van der Waals surface area contributed by atoms with E-state index in [0.717, 1.165) is 13.0 Å². The Morgan fingerprint density at radius 1 is 1.29 bits per heavy atom. The van der Waals surface area contributed by atoms with Gasteiger partial charge in [-0.2, -0.15) is 0 Å². The summed E-state index contributed by atoms with van der Waals surface area (Å²) in [4.78, 5) is 8.87. The van der Waals surface area contributed by atoms with E-state index in [1.54, 1.807) is 0 Å². The Morgan fingerprint density at radius 3 is 2.52 bits per heavy atom. The van der Waals surface area contributed by atoms with Crippen molar-refractivity contribution in [2.45, 2.75) is 84.3 Å². The molecule has 2 rings (SSSR count). The zero-order chi connectivity index (χ0) is 15.4. The van der Waals surface area contributed by atoms with Crippen molar-refractivity contribution in [3.05, 3.63) is 10.6 Å². The summed E-state index contributed by atoms with van der Waals surface area (Å²) in [5.74, 6) is 0.552. The van der Waals surface area contributed by atoms with Crippen LogP contribution in [0.15, 0.2) is 0 Å². The summed E-state index contributed by atoms with van der Waals surface area (Å²) < 4.78 is 0. The number of nitrogens with one attached hydrogen (secondary N) is 1. The molecule has 1 aromatic rings. The van der Waals surface area contributed by atoms with Crippen LogP contribution in [0.25, 0.3) is 0 Å². The van der Waals surface area contributed by atoms with Gasteiger partial charge in [0.15, 0.2) is 5.13 Å². The van der Waals surface area contributed by atoms with Gasteiger partial charge < -0.3 is 10.2 Å². The van der Waals surface area contributed by atoms with E-state index in [2.05, 4.69) is 45.0 Å². The monoisotopic (exact) mass is 309 g/mol. The van der Waals surface area contributed by atoms with Gasteiger partial charge in [0.25, 0.3) is 0 Å². The molecule has 0 saturated heterocycles. The number of rotatable bonds is 7. The maximum Gasteiger partial charge on any atom is 0.185 e. The fourth-order valence-corrected chi connectivity index (χ4v) is 4.12. The van der Waals surface area contributed by atoms with Gasteiger partial charge in [0, 0.05) is 30.6 Å². The lowest BCUT2D eigenvalue weighted by atomic mass is 10.0. The van der Waals surface area contributed by atoms with Gasteiger partial charge in [-0.15, -0.1) is 11.3 Å². The quantitative estimate of drug-likeness (QED) is 0.802. The third kappa shape index (κ3) is 4.19. The highest BCUT2D eigenvalue weighted by Crippen LogP contribution is 2.35. The molecule has 0 amide bonds. The second-order valence-electron chi connectivity index (χ2n) is 6.70. The molecule has 1 saturated carbocycles. The van der Waals surface area contributed by atoms with Gasteiger partial charge in [0.05, 0.1) is 5.69 Å². The van der Waals surface area contributed by atoms with Gasteiger partial charge in [-0.05, 0) is 25.2 Å². The number of hydrogen-bond acceptors (Lipinski definition) is 4. The predicted molar refractivity (Wildman–Crippen MR) is 93.5 cm³/mol. The van der Waals surface area contributed by atoms with E-state index in [9.17, 15) is 0 Å². The number of nitrogens with zero attached hydrogens (tertiary/aromatic N) is 2. The van der Waals surface area contributed by atoms with E-state index in [1.165, 1.54) is 41.4 Å². The molecule has 1 N–H and O–H groups in total. The molecule has 0 spiro atoms. The molecular weight excluding hydrogens is 278 g/mol. The lowest BCUT2D eigenvalue weighted by molar-refractivity contribution is 0.584. The first-order chi connectivity index (χ1) is 10.0. The van der Waals surface area contributed by atoms with Crippen molar-refractivity contribution in [2.24, 2.45) is 0 Å². The fraction of sp³-hybridized carbons (Fsp3) is 0.824. The highest BCUT2D eigenvalue weighted by molar-refractivity contribution is 7.15. The maximum absolute atomic E-state index is 5.01. The normalized spacial score (nSPS) is 17.6. The molecule has 1 fully saturated rings.